The summed E-state index contributed by atoms with van der Waals surface area (Å²) in [5, 5.41) is 18.5. The third kappa shape index (κ3) is 2.23. The first kappa shape index (κ1) is 15.6. The van der Waals surface area contributed by atoms with E-state index in [4.69, 9.17) is 4.98 Å². The molecule has 0 aliphatic rings. The molecule has 1 N–H and O–H groups in total. The summed E-state index contributed by atoms with van der Waals surface area (Å²) in [7, 11) is 0. The van der Waals surface area contributed by atoms with Crippen molar-refractivity contribution in [3.8, 4) is 16.3 Å². The van der Waals surface area contributed by atoms with Crippen LogP contribution >= 0.6 is 11.3 Å². The lowest BCUT2D eigenvalue weighted by atomic mass is 9.96. The van der Waals surface area contributed by atoms with E-state index in [0.29, 0.717) is 0 Å². The van der Waals surface area contributed by atoms with Crippen molar-refractivity contribution < 1.29 is 5.11 Å². The molecule has 2 nitrogen and oxygen atoms in total. The van der Waals surface area contributed by atoms with Crippen LogP contribution < -0.4 is 0 Å². The number of phenols is 1. The molecule has 132 valence electrons. The van der Waals surface area contributed by atoms with Gasteiger partial charge in [-0.15, -0.1) is 11.3 Å². The molecule has 0 amide bonds. The molecule has 0 atom stereocenters. The molecule has 0 aliphatic heterocycles. The van der Waals surface area contributed by atoms with Crippen LogP contribution in [0.3, 0.4) is 0 Å². The average molecular weight is 377 g/mol. The fraction of sp³-hybridized carbons (Fsp3) is 0. The standard InChI is InChI=1S/C25H15NOS/c27-22-8-4-3-7-19(22)25-26-21-13-17-12-11-16-10-9-15-5-1-2-6-18(15)24(16)20(17)14-23(21)28-25/h1-14,27H. The molecule has 1 heterocycles. The quantitative estimate of drug-likeness (QED) is 0.309. The van der Waals surface area contributed by atoms with Crippen molar-refractivity contribution in [3.63, 3.8) is 0 Å². The van der Waals surface area contributed by atoms with Gasteiger partial charge in [-0.2, -0.15) is 0 Å². The Morgan fingerprint density at radius 3 is 2.32 bits per heavy atom. The van der Waals surface area contributed by atoms with Crippen LogP contribution in [0.5, 0.6) is 5.75 Å². The number of fused-ring (bicyclic) bond motifs is 6. The number of para-hydroxylation sites is 1. The van der Waals surface area contributed by atoms with Gasteiger partial charge in [0.1, 0.15) is 10.8 Å². The molecule has 6 rings (SSSR count). The fourth-order valence-corrected chi connectivity index (χ4v) is 5.04. The van der Waals surface area contributed by atoms with Gasteiger partial charge in [0.25, 0.3) is 0 Å². The monoisotopic (exact) mass is 377 g/mol. The Kier molecular flexibility index (Phi) is 3.22. The Bertz CT molecular complexity index is 1530. The van der Waals surface area contributed by atoms with E-state index in [0.717, 1.165) is 20.8 Å². The number of phenolic OH excluding ortho intramolecular Hbond substituents is 1. The van der Waals surface area contributed by atoms with E-state index >= 15 is 0 Å². The van der Waals surface area contributed by atoms with Gasteiger partial charge in [0.05, 0.1) is 15.8 Å². The van der Waals surface area contributed by atoms with Crippen molar-refractivity contribution in [2.75, 3.05) is 0 Å². The maximum absolute atomic E-state index is 10.2. The SMILES string of the molecule is Oc1ccccc1-c1nc2cc3ccc4ccc5ccccc5c4c3cc2s1. The Morgan fingerprint density at radius 2 is 1.43 bits per heavy atom. The second-order valence-corrected chi connectivity index (χ2v) is 8.06. The number of benzene rings is 5. The highest BCUT2D eigenvalue weighted by Gasteiger charge is 2.12. The molecular weight excluding hydrogens is 362 g/mol. The first-order valence-electron chi connectivity index (χ1n) is 9.21. The van der Waals surface area contributed by atoms with E-state index in [-0.39, 0.29) is 5.75 Å². The summed E-state index contributed by atoms with van der Waals surface area (Å²) in [5.41, 5.74) is 1.75. The van der Waals surface area contributed by atoms with Crippen LogP contribution in [0.25, 0.3) is 53.1 Å². The molecule has 0 spiro atoms. The number of aromatic hydroxyl groups is 1. The third-order valence-corrected chi connectivity index (χ3v) is 6.42. The van der Waals surface area contributed by atoms with E-state index in [1.807, 2.05) is 18.2 Å². The summed E-state index contributed by atoms with van der Waals surface area (Å²) in [4.78, 5) is 4.79. The van der Waals surface area contributed by atoms with Gasteiger partial charge in [0.15, 0.2) is 0 Å². The highest BCUT2D eigenvalue weighted by atomic mass is 32.1. The predicted molar refractivity (Wildman–Crippen MR) is 119 cm³/mol. The highest BCUT2D eigenvalue weighted by Crippen LogP contribution is 2.39. The van der Waals surface area contributed by atoms with Crippen molar-refractivity contribution in [1.29, 1.82) is 0 Å². The summed E-state index contributed by atoms with van der Waals surface area (Å²) >= 11 is 1.62. The summed E-state index contributed by atoms with van der Waals surface area (Å²) < 4.78 is 1.13. The molecule has 0 saturated carbocycles. The molecule has 1 aromatic heterocycles. The molecule has 6 aromatic rings. The van der Waals surface area contributed by atoms with Gasteiger partial charge in [-0.1, -0.05) is 60.7 Å². The zero-order valence-corrected chi connectivity index (χ0v) is 15.7. The largest absolute Gasteiger partial charge is 0.507 e. The lowest BCUT2D eigenvalue weighted by molar-refractivity contribution is 0.477. The maximum Gasteiger partial charge on any atom is 0.128 e. The lowest BCUT2D eigenvalue weighted by Gasteiger charge is -2.08. The highest BCUT2D eigenvalue weighted by molar-refractivity contribution is 7.21. The van der Waals surface area contributed by atoms with E-state index in [9.17, 15) is 5.11 Å². The summed E-state index contributed by atoms with van der Waals surface area (Å²) in [6, 6.07) is 29.1. The van der Waals surface area contributed by atoms with Gasteiger partial charge in [0, 0.05) is 0 Å². The van der Waals surface area contributed by atoms with Gasteiger partial charge >= 0.3 is 0 Å². The van der Waals surface area contributed by atoms with Crippen molar-refractivity contribution in [1.82, 2.24) is 4.98 Å². The molecule has 0 unspecified atom stereocenters. The molecule has 0 saturated heterocycles. The molecular formula is C25H15NOS. The normalized spacial score (nSPS) is 11.7. The first-order chi connectivity index (χ1) is 13.8. The van der Waals surface area contributed by atoms with Crippen LogP contribution in [0.1, 0.15) is 0 Å². The van der Waals surface area contributed by atoms with Crippen LogP contribution in [0.15, 0.2) is 84.9 Å². The molecule has 0 bridgehead atoms. The smallest absolute Gasteiger partial charge is 0.128 e. The number of hydrogen-bond acceptors (Lipinski definition) is 3. The molecule has 5 aromatic carbocycles. The van der Waals surface area contributed by atoms with Gasteiger partial charge in [-0.3, -0.25) is 0 Å². The molecule has 28 heavy (non-hydrogen) atoms. The lowest BCUT2D eigenvalue weighted by Crippen LogP contribution is -1.81. The van der Waals surface area contributed by atoms with Crippen molar-refractivity contribution >= 4 is 53.9 Å². The number of aromatic nitrogens is 1. The average Bonchev–Trinajstić information content (AvgIpc) is 3.14. The zero-order valence-electron chi connectivity index (χ0n) is 14.9. The number of rotatable bonds is 1. The molecule has 0 fully saturated rings. The van der Waals surface area contributed by atoms with Crippen molar-refractivity contribution in [2.24, 2.45) is 0 Å². The van der Waals surface area contributed by atoms with E-state index in [1.54, 1.807) is 17.4 Å². The minimum Gasteiger partial charge on any atom is -0.507 e. The second kappa shape index (κ2) is 5.78. The minimum atomic E-state index is 0.266. The third-order valence-electron chi connectivity index (χ3n) is 5.37. The van der Waals surface area contributed by atoms with Gasteiger partial charge in [0.2, 0.25) is 0 Å². The van der Waals surface area contributed by atoms with Crippen molar-refractivity contribution in [3.05, 3.63) is 84.9 Å². The summed E-state index contributed by atoms with van der Waals surface area (Å²) in [6.45, 7) is 0. The number of hydrogen-bond donors (Lipinski definition) is 1. The van der Waals surface area contributed by atoms with Crippen LogP contribution in [0.4, 0.5) is 0 Å². The van der Waals surface area contributed by atoms with E-state index in [1.165, 1.54) is 32.3 Å². The Balaban J connectivity index is 1.71. The Labute approximate surface area is 165 Å². The van der Waals surface area contributed by atoms with Crippen LogP contribution in [-0.4, -0.2) is 10.1 Å². The molecule has 0 radical (unpaired) electrons. The van der Waals surface area contributed by atoms with Crippen LogP contribution in [0.2, 0.25) is 0 Å². The maximum atomic E-state index is 10.2. The molecule has 3 heteroatoms. The van der Waals surface area contributed by atoms with Gasteiger partial charge in [-0.05, 0) is 56.6 Å². The minimum absolute atomic E-state index is 0.266. The van der Waals surface area contributed by atoms with Gasteiger partial charge < -0.3 is 5.11 Å². The van der Waals surface area contributed by atoms with Gasteiger partial charge in [-0.25, -0.2) is 4.98 Å². The van der Waals surface area contributed by atoms with E-state index < -0.39 is 0 Å². The summed E-state index contributed by atoms with van der Waals surface area (Å²) in [6.07, 6.45) is 0. The number of thiazole rings is 1. The Morgan fingerprint density at radius 1 is 0.679 bits per heavy atom. The topological polar surface area (TPSA) is 33.1 Å². The Hall–Kier alpha value is -3.43. The van der Waals surface area contributed by atoms with E-state index in [2.05, 4.69) is 60.7 Å². The fourth-order valence-electron chi connectivity index (χ4n) is 4.02. The molecule has 0 aliphatic carbocycles. The second-order valence-electron chi connectivity index (χ2n) is 7.03. The van der Waals surface area contributed by atoms with Crippen LogP contribution in [-0.2, 0) is 0 Å². The first-order valence-corrected chi connectivity index (χ1v) is 10.0. The van der Waals surface area contributed by atoms with Crippen molar-refractivity contribution in [2.45, 2.75) is 0 Å². The van der Waals surface area contributed by atoms with Crippen LogP contribution in [0, 0.1) is 0 Å². The predicted octanol–water partition coefficient (Wildman–Crippen LogP) is 7.13. The zero-order chi connectivity index (χ0) is 18.7. The number of nitrogens with zero attached hydrogens (tertiary/aromatic N) is 1. The summed E-state index contributed by atoms with van der Waals surface area (Å²) in [5.74, 6) is 0.266.